The van der Waals surface area contributed by atoms with Gasteiger partial charge in [-0.15, -0.1) is 11.8 Å². The van der Waals surface area contributed by atoms with Crippen molar-refractivity contribution >= 4 is 22.7 Å². The van der Waals surface area contributed by atoms with Crippen molar-refractivity contribution in [1.29, 1.82) is 0 Å². The molecule has 0 N–H and O–H groups in total. The highest BCUT2D eigenvalue weighted by atomic mass is 32.2. The first kappa shape index (κ1) is 21.0. The molecular formula is C26H35NS. The molecule has 0 unspecified atom stereocenters. The minimum atomic E-state index is 0.180. The van der Waals surface area contributed by atoms with Gasteiger partial charge in [-0.2, -0.15) is 0 Å². The Bertz CT molecular complexity index is 963. The average molecular weight is 394 g/mol. The zero-order valence-electron chi connectivity index (χ0n) is 18.8. The number of thioether (sulfide) groups is 1. The number of nitrogens with zero attached hydrogens (tertiary/aromatic N) is 1. The summed E-state index contributed by atoms with van der Waals surface area (Å²) in [6, 6.07) is 15.9. The number of hydrogen-bond donors (Lipinski definition) is 0. The van der Waals surface area contributed by atoms with Crippen LogP contribution in [0.3, 0.4) is 0 Å². The molecule has 1 heterocycles. The third-order valence-corrected chi connectivity index (χ3v) is 6.11. The molecule has 1 aromatic heterocycles. The van der Waals surface area contributed by atoms with Gasteiger partial charge in [0.25, 0.3) is 0 Å². The van der Waals surface area contributed by atoms with E-state index in [1.165, 1.54) is 38.2 Å². The van der Waals surface area contributed by atoms with Gasteiger partial charge in [-0.3, -0.25) is 0 Å². The van der Waals surface area contributed by atoms with Gasteiger partial charge in [0, 0.05) is 32.8 Å². The fraction of sp³-hybridized carbons (Fsp3) is 0.462. The fourth-order valence-electron chi connectivity index (χ4n) is 3.65. The molecule has 1 nitrogen and oxygen atoms in total. The van der Waals surface area contributed by atoms with Crippen molar-refractivity contribution in [1.82, 2.24) is 4.57 Å². The summed E-state index contributed by atoms with van der Waals surface area (Å²) in [7, 11) is 0. The summed E-state index contributed by atoms with van der Waals surface area (Å²) in [5.41, 5.74) is 7.09. The molecule has 150 valence electrons. The topological polar surface area (TPSA) is 4.93 Å². The molecule has 3 rings (SSSR count). The molecule has 0 aliphatic rings. The molecule has 0 saturated heterocycles. The maximum atomic E-state index is 2.57. The van der Waals surface area contributed by atoms with Gasteiger partial charge < -0.3 is 4.57 Å². The van der Waals surface area contributed by atoms with Crippen LogP contribution in [-0.4, -0.2) is 9.31 Å². The lowest BCUT2D eigenvalue weighted by Crippen LogP contribution is -2.16. The average Bonchev–Trinajstić information content (AvgIpc) is 2.80. The van der Waals surface area contributed by atoms with Crippen molar-refractivity contribution in [2.75, 3.05) is 0 Å². The van der Waals surface area contributed by atoms with Crippen molar-refractivity contribution in [3.63, 3.8) is 0 Å². The third kappa shape index (κ3) is 5.03. The number of hydrogen-bond acceptors (Lipinski definition) is 1. The van der Waals surface area contributed by atoms with Crippen molar-refractivity contribution in [3.05, 3.63) is 64.8 Å². The van der Waals surface area contributed by atoms with E-state index in [-0.39, 0.29) is 10.2 Å². The SMILES string of the molecule is Cc1ccc(Cn2c(CC(C)(C)C)c(SC(C)(C)C)c3cc(C)ccc32)cc1. The van der Waals surface area contributed by atoms with E-state index < -0.39 is 0 Å². The van der Waals surface area contributed by atoms with Crippen molar-refractivity contribution in [2.45, 2.75) is 78.0 Å². The molecule has 28 heavy (non-hydrogen) atoms. The van der Waals surface area contributed by atoms with E-state index in [2.05, 4.69) is 102 Å². The van der Waals surface area contributed by atoms with Gasteiger partial charge in [0.1, 0.15) is 0 Å². The molecule has 2 heteroatoms. The monoisotopic (exact) mass is 393 g/mol. The Hall–Kier alpha value is -1.67. The predicted octanol–water partition coefficient (Wildman–Crippen LogP) is 7.79. The maximum Gasteiger partial charge on any atom is 0.0497 e. The minimum absolute atomic E-state index is 0.180. The summed E-state index contributed by atoms with van der Waals surface area (Å²) in [5.74, 6) is 0. The van der Waals surface area contributed by atoms with E-state index in [0.717, 1.165) is 13.0 Å². The summed E-state index contributed by atoms with van der Waals surface area (Å²) in [6.45, 7) is 19.3. The van der Waals surface area contributed by atoms with Gasteiger partial charge >= 0.3 is 0 Å². The van der Waals surface area contributed by atoms with Gasteiger partial charge in [0.05, 0.1) is 0 Å². The lowest BCUT2D eigenvalue weighted by atomic mass is 9.90. The Morgan fingerprint density at radius 1 is 0.821 bits per heavy atom. The summed E-state index contributed by atoms with van der Waals surface area (Å²) < 4.78 is 2.75. The first-order valence-electron chi connectivity index (χ1n) is 10.3. The van der Waals surface area contributed by atoms with Crippen LogP contribution in [0.4, 0.5) is 0 Å². The Balaban J connectivity index is 2.24. The van der Waals surface area contributed by atoms with E-state index in [9.17, 15) is 0 Å². The van der Waals surface area contributed by atoms with Gasteiger partial charge in [0.15, 0.2) is 0 Å². The van der Waals surface area contributed by atoms with E-state index in [4.69, 9.17) is 0 Å². The second kappa shape index (κ2) is 7.63. The standard InChI is InChI=1S/C26H35NS/c1-18-9-12-20(13-10-18)17-27-22-14-11-19(2)15-21(22)24(28-26(6,7)8)23(27)16-25(3,4)5/h9-15H,16-17H2,1-8H3. The van der Waals surface area contributed by atoms with Gasteiger partial charge in [0.2, 0.25) is 0 Å². The smallest absolute Gasteiger partial charge is 0.0497 e. The fourth-order valence-corrected chi connectivity index (χ4v) is 4.83. The largest absolute Gasteiger partial charge is 0.339 e. The molecular weight excluding hydrogens is 358 g/mol. The first-order chi connectivity index (χ1) is 12.9. The molecule has 0 aliphatic carbocycles. The predicted molar refractivity (Wildman–Crippen MR) is 126 cm³/mol. The number of aromatic nitrogens is 1. The zero-order valence-corrected chi connectivity index (χ0v) is 19.6. The summed E-state index contributed by atoms with van der Waals surface area (Å²) >= 11 is 2.02. The number of aryl methyl sites for hydroxylation is 2. The van der Waals surface area contributed by atoms with Crippen molar-refractivity contribution in [2.24, 2.45) is 5.41 Å². The lowest BCUT2D eigenvalue weighted by Gasteiger charge is -2.24. The zero-order chi connectivity index (χ0) is 20.7. The van der Waals surface area contributed by atoms with Gasteiger partial charge in [-0.05, 0) is 43.4 Å². The number of benzene rings is 2. The Labute approximate surface area is 175 Å². The van der Waals surface area contributed by atoms with Crippen molar-refractivity contribution < 1.29 is 0 Å². The molecule has 0 amide bonds. The Morgan fingerprint density at radius 2 is 1.43 bits per heavy atom. The first-order valence-corrected chi connectivity index (χ1v) is 11.1. The van der Waals surface area contributed by atoms with Crippen LogP contribution in [0.2, 0.25) is 0 Å². The van der Waals surface area contributed by atoms with Gasteiger partial charge in [-0.25, -0.2) is 0 Å². The second-order valence-corrected chi connectivity index (χ2v) is 12.2. The van der Waals surface area contributed by atoms with Gasteiger partial charge in [-0.1, -0.05) is 83.0 Å². The van der Waals surface area contributed by atoms with Crippen LogP contribution in [0.5, 0.6) is 0 Å². The molecule has 0 aliphatic heterocycles. The summed E-state index contributed by atoms with van der Waals surface area (Å²) in [6.07, 6.45) is 1.07. The lowest BCUT2D eigenvalue weighted by molar-refractivity contribution is 0.397. The summed E-state index contributed by atoms with van der Waals surface area (Å²) in [5, 5.41) is 1.41. The van der Waals surface area contributed by atoms with E-state index in [0.29, 0.717) is 0 Å². The molecule has 0 fully saturated rings. The third-order valence-electron chi connectivity index (χ3n) is 4.84. The molecule has 2 aromatic carbocycles. The van der Waals surface area contributed by atoms with Crippen LogP contribution in [0, 0.1) is 19.3 Å². The quantitative estimate of drug-likeness (QED) is 0.410. The van der Waals surface area contributed by atoms with Crippen LogP contribution in [0.15, 0.2) is 47.4 Å². The summed E-state index contributed by atoms with van der Waals surface area (Å²) in [4.78, 5) is 1.47. The van der Waals surface area contributed by atoms with Crippen LogP contribution in [-0.2, 0) is 13.0 Å². The van der Waals surface area contributed by atoms with Crippen LogP contribution < -0.4 is 0 Å². The Kier molecular flexibility index (Phi) is 5.74. The highest BCUT2D eigenvalue weighted by Crippen LogP contribution is 2.43. The molecule has 0 saturated carbocycles. The normalized spacial score (nSPS) is 12.7. The molecule has 0 spiro atoms. The van der Waals surface area contributed by atoms with Crippen LogP contribution in [0.25, 0.3) is 10.9 Å². The minimum Gasteiger partial charge on any atom is -0.339 e. The molecule has 0 atom stereocenters. The number of rotatable bonds is 4. The van der Waals surface area contributed by atoms with E-state index in [1.54, 1.807) is 0 Å². The molecule has 3 aromatic rings. The van der Waals surface area contributed by atoms with E-state index in [1.807, 2.05) is 11.8 Å². The van der Waals surface area contributed by atoms with E-state index >= 15 is 0 Å². The van der Waals surface area contributed by atoms with Crippen LogP contribution >= 0.6 is 11.8 Å². The number of fused-ring (bicyclic) bond motifs is 1. The van der Waals surface area contributed by atoms with Crippen molar-refractivity contribution in [3.8, 4) is 0 Å². The van der Waals surface area contributed by atoms with Crippen LogP contribution in [0.1, 0.15) is 63.9 Å². The second-order valence-electron chi connectivity index (χ2n) is 10.3. The highest BCUT2D eigenvalue weighted by molar-refractivity contribution is 8.00. The molecule has 0 bridgehead atoms. The highest BCUT2D eigenvalue weighted by Gasteiger charge is 2.25. The maximum absolute atomic E-state index is 2.57. The Morgan fingerprint density at radius 3 is 2.00 bits per heavy atom. The molecule has 0 radical (unpaired) electrons.